The molecular weight excluding hydrogens is 336 g/mol. The Balaban J connectivity index is 1.67. The molecule has 0 radical (unpaired) electrons. The summed E-state index contributed by atoms with van der Waals surface area (Å²) in [5.74, 6) is -0.161. The van der Waals surface area contributed by atoms with Crippen molar-refractivity contribution >= 4 is 17.5 Å². The number of amides is 1. The Morgan fingerprint density at radius 2 is 1.88 bits per heavy atom. The fourth-order valence-electron chi connectivity index (χ4n) is 2.51. The monoisotopic (exact) mass is 354 g/mol. The molecular formula is C19H19ClN4O. The topological polar surface area (TPSA) is 51.0 Å². The zero-order chi connectivity index (χ0) is 17.8. The van der Waals surface area contributed by atoms with Crippen LogP contribution in [0.1, 0.15) is 27.2 Å². The third kappa shape index (κ3) is 4.25. The molecule has 0 aliphatic carbocycles. The highest BCUT2D eigenvalue weighted by Gasteiger charge is 2.16. The molecule has 3 aromatic rings. The van der Waals surface area contributed by atoms with E-state index in [2.05, 4.69) is 10.3 Å². The number of carbonyl (C=O) groups is 1. The van der Waals surface area contributed by atoms with Gasteiger partial charge in [-0.3, -0.25) is 4.79 Å². The summed E-state index contributed by atoms with van der Waals surface area (Å²) >= 11 is 6.16. The van der Waals surface area contributed by atoms with Crippen LogP contribution in [0.25, 0.3) is 0 Å². The Kier molecular flexibility index (Phi) is 5.14. The van der Waals surface area contributed by atoms with Gasteiger partial charge in [0, 0.05) is 18.6 Å². The van der Waals surface area contributed by atoms with Gasteiger partial charge in [-0.1, -0.05) is 64.8 Å². The molecule has 1 aromatic heterocycles. The van der Waals surface area contributed by atoms with E-state index in [9.17, 15) is 4.79 Å². The van der Waals surface area contributed by atoms with Crippen LogP contribution in [0.15, 0.2) is 54.7 Å². The van der Waals surface area contributed by atoms with Crippen LogP contribution in [0.5, 0.6) is 0 Å². The van der Waals surface area contributed by atoms with E-state index in [1.807, 2.05) is 55.5 Å². The number of aromatic nitrogens is 3. The Labute approximate surface area is 151 Å². The van der Waals surface area contributed by atoms with Crippen LogP contribution in [0, 0.1) is 6.92 Å². The smallest absolute Gasteiger partial charge is 0.276 e. The maximum atomic E-state index is 12.5. The molecule has 0 spiro atoms. The molecule has 0 fully saturated rings. The Morgan fingerprint density at radius 3 is 2.60 bits per heavy atom. The van der Waals surface area contributed by atoms with Gasteiger partial charge >= 0.3 is 0 Å². The minimum absolute atomic E-state index is 0.161. The lowest BCUT2D eigenvalue weighted by Crippen LogP contribution is -2.26. The van der Waals surface area contributed by atoms with Crippen molar-refractivity contribution in [3.05, 3.63) is 82.1 Å². The minimum atomic E-state index is -0.161. The number of hydrogen-bond donors (Lipinski definition) is 0. The Bertz CT molecular complexity index is 873. The predicted octanol–water partition coefficient (Wildman–Crippen LogP) is 3.56. The van der Waals surface area contributed by atoms with Crippen LogP contribution < -0.4 is 0 Å². The second kappa shape index (κ2) is 7.49. The molecule has 1 heterocycles. The Hall–Kier alpha value is -2.66. The van der Waals surface area contributed by atoms with Crippen molar-refractivity contribution in [3.8, 4) is 0 Å². The van der Waals surface area contributed by atoms with Gasteiger partial charge in [0.15, 0.2) is 5.69 Å². The van der Waals surface area contributed by atoms with Gasteiger partial charge in [0.1, 0.15) is 0 Å². The summed E-state index contributed by atoms with van der Waals surface area (Å²) in [6, 6.07) is 15.7. The van der Waals surface area contributed by atoms with E-state index in [1.54, 1.807) is 22.8 Å². The van der Waals surface area contributed by atoms with Gasteiger partial charge in [-0.05, 0) is 24.1 Å². The highest BCUT2D eigenvalue weighted by Crippen LogP contribution is 2.16. The highest BCUT2D eigenvalue weighted by atomic mass is 35.5. The zero-order valence-electron chi connectivity index (χ0n) is 14.2. The van der Waals surface area contributed by atoms with Crippen molar-refractivity contribution in [1.29, 1.82) is 0 Å². The van der Waals surface area contributed by atoms with Gasteiger partial charge in [0.05, 0.1) is 12.7 Å². The number of halogens is 1. The van der Waals surface area contributed by atoms with Crippen LogP contribution in [0.3, 0.4) is 0 Å². The fourth-order valence-corrected chi connectivity index (χ4v) is 2.71. The van der Waals surface area contributed by atoms with Crippen molar-refractivity contribution in [2.45, 2.75) is 20.0 Å². The second-order valence-electron chi connectivity index (χ2n) is 6.04. The summed E-state index contributed by atoms with van der Waals surface area (Å²) in [6.07, 6.45) is 1.65. The van der Waals surface area contributed by atoms with Gasteiger partial charge in [0.2, 0.25) is 0 Å². The maximum absolute atomic E-state index is 12.5. The molecule has 0 aliphatic rings. The van der Waals surface area contributed by atoms with E-state index in [0.29, 0.717) is 23.8 Å². The van der Waals surface area contributed by atoms with Gasteiger partial charge < -0.3 is 4.90 Å². The normalized spacial score (nSPS) is 10.7. The molecule has 2 aromatic carbocycles. The summed E-state index contributed by atoms with van der Waals surface area (Å²) in [5.41, 5.74) is 3.52. The molecule has 3 rings (SSSR count). The molecule has 25 heavy (non-hydrogen) atoms. The van der Waals surface area contributed by atoms with Crippen molar-refractivity contribution in [3.63, 3.8) is 0 Å². The van der Waals surface area contributed by atoms with Gasteiger partial charge in [-0.2, -0.15) is 0 Å². The third-order valence-corrected chi connectivity index (χ3v) is 4.30. The minimum Gasteiger partial charge on any atom is -0.336 e. The first kappa shape index (κ1) is 17.2. The molecule has 0 aliphatic heterocycles. The van der Waals surface area contributed by atoms with E-state index < -0.39 is 0 Å². The maximum Gasteiger partial charge on any atom is 0.276 e. The summed E-state index contributed by atoms with van der Waals surface area (Å²) < 4.78 is 1.62. The van der Waals surface area contributed by atoms with Gasteiger partial charge in [0.25, 0.3) is 5.91 Å². The van der Waals surface area contributed by atoms with Gasteiger partial charge in [-0.15, -0.1) is 5.10 Å². The number of aryl methyl sites for hydroxylation is 1. The van der Waals surface area contributed by atoms with E-state index in [-0.39, 0.29) is 5.91 Å². The van der Waals surface area contributed by atoms with Gasteiger partial charge in [-0.25, -0.2) is 4.68 Å². The average Bonchev–Trinajstić information content (AvgIpc) is 3.07. The SMILES string of the molecule is Cc1ccc(CN(C)C(=O)c2cn(Cc3ccccc3Cl)nn2)cc1. The predicted molar refractivity (Wildman–Crippen MR) is 97.6 cm³/mol. The largest absolute Gasteiger partial charge is 0.336 e. The quantitative estimate of drug-likeness (QED) is 0.704. The second-order valence-corrected chi connectivity index (χ2v) is 6.45. The summed E-state index contributed by atoms with van der Waals surface area (Å²) in [5, 5.41) is 8.70. The molecule has 0 unspecified atom stereocenters. The molecule has 1 amide bonds. The van der Waals surface area contributed by atoms with Crippen LogP contribution in [0.2, 0.25) is 5.02 Å². The molecule has 0 N–H and O–H groups in total. The lowest BCUT2D eigenvalue weighted by atomic mass is 10.1. The van der Waals surface area contributed by atoms with Crippen LogP contribution >= 0.6 is 11.6 Å². The first-order valence-electron chi connectivity index (χ1n) is 7.97. The number of nitrogens with zero attached hydrogens (tertiary/aromatic N) is 4. The number of hydrogen-bond acceptors (Lipinski definition) is 3. The molecule has 0 atom stereocenters. The van der Waals surface area contributed by atoms with Crippen LogP contribution in [-0.4, -0.2) is 32.8 Å². The molecule has 6 heteroatoms. The first-order valence-corrected chi connectivity index (χ1v) is 8.35. The summed E-state index contributed by atoms with van der Waals surface area (Å²) in [4.78, 5) is 14.2. The lowest BCUT2D eigenvalue weighted by Gasteiger charge is -2.15. The number of benzene rings is 2. The third-order valence-electron chi connectivity index (χ3n) is 3.93. The van der Waals surface area contributed by atoms with Crippen molar-refractivity contribution in [2.24, 2.45) is 0 Å². The average molecular weight is 355 g/mol. The first-order chi connectivity index (χ1) is 12.0. The van der Waals surface area contributed by atoms with Crippen molar-refractivity contribution < 1.29 is 4.79 Å². The fraction of sp³-hybridized carbons (Fsp3) is 0.211. The number of rotatable bonds is 5. The van der Waals surface area contributed by atoms with Crippen molar-refractivity contribution in [1.82, 2.24) is 19.9 Å². The molecule has 0 bridgehead atoms. The molecule has 128 valence electrons. The van der Waals surface area contributed by atoms with Crippen molar-refractivity contribution in [2.75, 3.05) is 7.05 Å². The van der Waals surface area contributed by atoms with E-state index in [0.717, 1.165) is 11.1 Å². The van der Waals surface area contributed by atoms with E-state index in [4.69, 9.17) is 11.6 Å². The summed E-state index contributed by atoms with van der Waals surface area (Å²) in [7, 11) is 1.76. The number of carbonyl (C=O) groups excluding carboxylic acids is 1. The standard InChI is InChI=1S/C19H19ClN4O/c1-14-7-9-15(10-8-14)11-23(2)19(25)18-13-24(22-21-18)12-16-5-3-4-6-17(16)20/h3-10,13H,11-12H2,1-2H3. The molecule has 0 saturated carbocycles. The zero-order valence-corrected chi connectivity index (χ0v) is 14.9. The van der Waals surface area contributed by atoms with E-state index >= 15 is 0 Å². The van der Waals surface area contributed by atoms with Crippen LogP contribution in [0.4, 0.5) is 0 Å². The lowest BCUT2D eigenvalue weighted by molar-refractivity contribution is 0.0779. The Morgan fingerprint density at radius 1 is 1.16 bits per heavy atom. The van der Waals surface area contributed by atoms with E-state index in [1.165, 1.54) is 5.56 Å². The highest BCUT2D eigenvalue weighted by molar-refractivity contribution is 6.31. The molecule has 0 saturated heterocycles. The van der Waals surface area contributed by atoms with Crippen LogP contribution in [-0.2, 0) is 13.1 Å². The summed E-state index contributed by atoms with van der Waals surface area (Å²) in [6.45, 7) is 3.04. The molecule has 5 nitrogen and oxygen atoms in total.